The van der Waals surface area contributed by atoms with Crippen molar-refractivity contribution in [2.75, 3.05) is 7.05 Å². The average Bonchev–Trinajstić information content (AvgIpc) is 2.31. The Hall–Kier alpha value is 0.222. The van der Waals surface area contributed by atoms with Gasteiger partial charge in [-0.05, 0) is 11.9 Å². The number of carbonyl (C=O) groups excluding carboxylic acids is 1. The minimum Gasteiger partial charge on any atom is -0.406 e. The molecule has 1 aromatic heterocycles. The van der Waals surface area contributed by atoms with Crippen molar-refractivity contribution in [2.24, 2.45) is 0 Å². The van der Waals surface area contributed by atoms with E-state index >= 15 is 0 Å². The van der Waals surface area contributed by atoms with Gasteiger partial charge in [0.1, 0.15) is 0 Å². The number of thiophene rings is 1. The number of hydrogen-bond acceptors (Lipinski definition) is 2. The minimum atomic E-state index is -0.0498. The standard InChI is InChI=1S/C8H10NOS.U/c1-5-4-7(8(10)9-3)11-6(5)2;/h1-3H3,(H,9,10);/q-1;. The van der Waals surface area contributed by atoms with Gasteiger partial charge in [0.25, 0.3) is 0 Å². The smallest absolute Gasteiger partial charge is 0.156 e. The van der Waals surface area contributed by atoms with Crippen LogP contribution in [0.15, 0.2) is 0 Å². The Labute approximate surface area is 100 Å². The topological polar surface area (TPSA) is 29.1 Å². The van der Waals surface area contributed by atoms with E-state index in [1.807, 2.05) is 13.8 Å². The number of rotatable bonds is 1. The maximum absolute atomic E-state index is 11.0. The summed E-state index contributed by atoms with van der Waals surface area (Å²) < 4.78 is 0. The minimum absolute atomic E-state index is 0. The molecule has 0 aromatic carbocycles. The normalized spacial score (nSPS) is 8.92. The zero-order chi connectivity index (χ0) is 8.43. The third-order valence-electron chi connectivity index (χ3n) is 1.52. The Kier molecular flexibility index (Phi) is 5.15. The molecule has 0 unspecified atom stereocenters. The van der Waals surface area contributed by atoms with Crippen molar-refractivity contribution in [2.45, 2.75) is 13.8 Å². The molecular weight excluding hydrogens is 396 g/mol. The summed E-state index contributed by atoms with van der Waals surface area (Å²) in [6, 6.07) is 3.00. The van der Waals surface area contributed by atoms with Crippen LogP contribution in [0.4, 0.5) is 0 Å². The summed E-state index contributed by atoms with van der Waals surface area (Å²) in [4.78, 5) is 12.9. The van der Waals surface area contributed by atoms with Crippen LogP contribution in [0.1, 0.15) is 20.1 Å². The molecule has 0 radical (unpaired) electrons. The Morgan fingerprint density at radius 2 is 2.08 bits per heavy atom. The van der Waals surface area contributed by atoms with Crippen molar-refractivity contribution in [3.05, 3.63) is 21.4 Å². The van der Waals surface area contributed by atoms with Gasteiger partial charge in [-0.3, -0.25) is 0 Å². The van der Waals surface area contributed by atoms with Crippen molar-refractivity contribution < 1.29 is 35.9 Å². The van der Waals surface area contributed by atoms with Crippen molar-refractivity contribution in [1.82, 2.24) is 5.32 Å². The van der Waals surface area contributed by atoms with E-state index in [2.05, 4.69) is 11.4 Å². The molecule has 1 heterocycles. The van der Waals surface area contributed by atoms with Gasteiger partial charge in [0.2, 0.25) is 0 Å². The Morgan fingerprint density at radius 1 is 1.50 bits per heavy atom. The van der Waals surface area contributed by atoms with Crippen molar-refractivity contribution in [1.29, 1.82) is 0 Å². The first-order valence-corrected chi connectivity index (χ1v) is 4.18. The molecule has 0 atom stereocenters. The second-order valence-electron chi connectivity index (χ2n) is 2.32. The van der Waals surface area contributed by atoms with Crippen LogP contribution >= 0.6 is 11.3 Å². The zero-order valence-electron chi connectivity index (χ0n) is 7.32. The average molecular weight is 406 g/mol. The third kappa shape index (κ3) is 2.62. The Bertz CT molecular complexity index is 263. The first-order valence-electron chi connectivity index (χ1n) is 3.36. The van der Waals surface area contributed by atoms with Crippen LogP contribution < -0.4 is 5.32 Å². The predicted molar refractivity (Wildman–Crippen MR) is 46.0 cm³/mol. The van der Waals surface area contributed by atoms with Gasteiger partial charge in [-0.15, -0.1) is 0 Å². The monoisotopic (exact) mass is 406 g/mol. The van der Waals surface area contributed by atoms with E-state index in [0.29, 0.717) is 4.88 Å². The fraction of sp³-hybridized carbons (Fsp3) is 0.375. The number of hydrogen-bond donors (Lipinski definition) is 1. The molecule has 4 heteroatoms. The van der Waals surface area contributed by atoms with Crippen LogP contribution in [0.3, 0.4) is 0 Å². The maximum atomic E-state index is 11.0. The van der Waals surface area contributed by atoms with Crippen LogP contribution in [-0.4, -0.2) is 13.0 Å². The predicted octanol–water partition coefficient (Wildman–Crippen LogP) is 1.52. The van der Waals surface area contributed by atoms with E-state index in [1.165, 1.54) is 11.3 Å². The van der Waals surface area contributed by atoms with Gasteiger partial charge < -0.3 is 10.1 Å². The van der Waals surface area contributed by atoms with E-state index in [0.717, 1.165) is 10.4 Å². The molecule has 1 aromatic rings. The van der Waals surface area contributed by atoms with Crippen LogP contribution in [0.2, 0.25) is 0 Å². The Morgan fingerprint density at radius 3 is 2.42 bits per heavy atom. The fourth-order valence-corrected chi connectivity index (χ4v) is 1.64. The number of carbonyl (C=O) groups is 1. The molecule has 0 aliphatic rings. The molecule has 1 amide bonds. The number of aryl methyl sites for hydroxylation is 2. The van der Waals surface area contributed by atoms with Crippen LogP contribution in [0, 0.1) is 51.0 Å². The first kappa shape index (κ1) is 12.2. The quantitative estimate of drug-likeness (QED) is 0.705. The molecule has 0 spiro atoms. The molecule has 0 bridgehead atoms. The summed E-state index contributed by atoms with van der Waals surface area (Å²) in [7, 11) is 1.63. The Balaban J connectivity index is 0.00000121. The molecule has 0 fully saturated rings. The summed E-state index contributed by atoms with van der Waals surface area (Å²) in [5.41, 5.74) is 1.06. The SMILES string of the molecule is CNC(=O)c1[c-]c(C)c(C)s1.[U]. The van der Waals surface area contributed by atoms with E-state index in [4.69, 9.17) is 0 Å². The van der Waals surface area contributed by atoms with Gasteiger partial charge in [-0.2, -0.15) is 11.6 Å². The van der Waals surface area contributed by atoms with Crippen LogP contribution in [-0.2, 0) is 0 Å². The van der Waals surface area contributed by atoms with E-state index in [9.17, 15) is 4.79 Å². The first-order chi connectivity index (χ1) is 5.15. The van der Waals surface area contributed by atoms with E-state index in [1.54, 1.807) is 7.05 Å². The van der Waals surface area contributed by atoms with Gasteiger partial charge in [-0.1, -0.05) is 18.7 Å². The van der Waals surface area contributed by atoms with Crippen molar-refractivity contribution in [3.8, 4) is 0 Å². The second kappa shape index (κ2) is 5.06. The molecule has 0 aliphatic carbocycles. The third-order valence-corrected chi connectivity index (χ3v) is 2.62. The molecule has 0 saturated carbocycles. The van der Waals surface area contributed by atoms with Crippen LogP contribution in [0.25, 0.3) is 0 Å². The maximum Gasteiger partial charge on any atom is 0.156 e. The molecule has 64 valence electrons. The summed E-state index contributed by atoms with van der Waals surface area (Å²) in [5, 5.41) is 2.56. The summed E-state index contributed by atoms with van der Waals surface area (Å²) in [6.45, 7) is 3.95. The molecule has 12 heavy (non-hydrogen) atoms. The van der Waals surface area contributed by atoms with Gasteiger partial charge in [0.05, 0.1) is 0 Å². The molecule has 0 aliphatic heterocycles. The van der Waals surface area contributed by atoms with Crippen molar-refractivity contribution in [3.63, 3.8) is 0 Å². The number of nitrogens with one attached hydrogen (secondary N) is 1. The zero-order valence-corrected chi connectivity index (χ0v) is 12.3. The number of amides is 1. The largest absolute Gasteiger partial charge is 0.406 e. The second-order valence-corrected chi connectivity index (χ2v) is 3.54. The molecule has 0 saturated heterocycles. The summed E-state index contributed by atoms with van der Waals surface area (Å²) in [6.07, 6.45) is 0. The molecule has 2 nitrogen and oxygen atoms in total. The van der Waals surface area contributed by atoms with Crippen molar-refractivity contribution >= 4 is 17.2 Å². The van der Waals surface area contributed by atoms with E-state index < -0.39 is 0 Å². The summed E-state index contributed by atoms with van der Waals surface area (Å²) in [5.74, 6) is -0.0498. The summed E-state index contributed by atoms with van der Waals surface area (Å²) >= 11 is 1.48. The van der Waals surface area contributed by atoms with Gasteiger partial charge in [-0.25, -0.2) is 11.3 Å². The molecular formula is C8H10NOSU-. The molecule has 1 rings (SSSR count). The fourth-order valence-electron chi connectivity index (χ4n) is 0.730. The van der Waals surface area contributed by atoms with Gasteiger partial charge >= 0.3 is 0 Å². The van der Waals surface area contributed by atoms with E-state index in [-0.39, 0.29) is 37.0 Å². The van der Waals surface area contributed by atoms with Crippen LogP contribution in [0.5, 0.6) is 0 Å². The van der Waals surface area contributed by atoms with Gasteiger partial charge in [0.15, 0.2) is 5.91 Å². The van der Waals surface area contributed by atoms with Gasteiger partial charge in [0, 0.05) is 31.1 Å². The molecule has 1 N–H and O–H groups in total.